The van der Waals surface area contributed by atoms with E-state index in [0.29, 0.717) is 56.1 Å². The van der Waals surface area contributed by atoms with Crippen molar-refractivity contribution < 1.29 is 17.6 Å². The topological polar surface area (TPSA) is 96.1 Å². The fraction of sp³-hybridized carbons (Fsp3) is 0.440. The van der Waals surface area contributed by atoms with Crippen molar-refractivity contribution in [3.8, 4) is 0 Å². The summed E-state index contributed by atoms with van der Waals surface area (Å²) in [6, 6.07) is 10.3. The summed E-state index contributed by atoms with van der Waals surface area (Å²) < 4.78 is 34.6. The molecule has 0 N–H and O–H groups in total. The highest BCUT2D eigenvalue weighted by Crippen LogP contribution is 2.29. The number of hydrogen-bond acceptors (Lipinski definition) is 6. The van der Waals surface area contributed by atoms with E-state index in [1.165, 1.54) is 21.0 Å². The number of amides is 1. The molecule has 36 heavy (non-hydrogen) atoms. The van der Waals surface area contributed by atoms with Gasteiger partial charge in [-0.05, 0) is 49.6 Å². The molecule has 1 atom stereocenters. The van der Waals surface area contributed by atoms with Crippen LogP contribution in [0.15, 0.2) is 50.5 Å². The van der Waals surface area contributed by atoms with E-state index < -0.39 is 15.8 Å². The lowest BCUT2D eigenvalue weighted by Crippen LogP contribution is -2.53. The average molecular weight is 533 g/mol. The number of carbonyl (C=O) groups excluding carboxylic acids is 1. The minimum absolute atomic E-state index is 0.00174. The predicted octanol–water partition coefficient (Wildman–Crippen LogP) is 2.84. The highest BCUT2D eigenvalue weighted by molar-refractivity contribution is 7.89. The van der Waals surface area contributed by atoms with E-state index in [9.17, 15) is 18.0 Å². The van der Waals surface area contributed by atoms with Crippen LogP contribution in [0, 0.1) is 12.8 Å². The maximum atomic E-state index is 13.4. The zero-order chi connectivity index (χ0) is 25.6. The summed E-state index contributed by atoms with van der Waals surface area (Å²) in [7, 11) is -2.27. The standard InChI is InChI=1S/C25H29ClN4O5S/c1-17-5-6-19(26)14-22(17)28-10-12-29(13-11-28)24(31)18-4-3-9-30(16-18)36(33,34)20-7-8-21-23(15-20)35-25(32)27(21)2/h5-8,14-15,18H,3-4,9-13,16H2,1-2H3/t18-/m0/s1. The molecule has 0 unspecified atom stereocenters. The van der Waals surface area contributed by atoms with Crippen molar-refractivity contribution >= 4 is 44.3 Å². The first-order valence-electron chi connectivity index (χ1n) is 12.0. The van der Waals surface area contributed by atoms with Gasteiger partial charge in [-0.2, -0.15) is 4.31 Å². The molecule has 192 valence electrons. The van der Waals surface area contributed by atoms with Gasteiger partial charge in [-0.1, -0.05) is 17.7 Å². The number of carbonyl (C=O) groups is 1. The number of sulfonamides is 1. The van der Waals surface area contributed by atoms with E-state index in [1.807, 2.05) is 30.0 Å². The molecule has 3 aromatic rings. The minimum atomic E-state index is -3.84. The fourth-order valence-corrected chi connectivity index (χ4v) is 6.84. The molecule has 1 amide bonds. The molecule has 3 heterocycles. The lowest BCUT2D eigenvalue weighted by Gasteiger charge is -2.40. The van der Waals surface area contributed by atoms with Gasteiger partial charge in [0.15, 0.2) is 5.58 Å². The number of anilines is 1. The molecule has 0 spiro atoms. The lowest BCUT2D eigenvalue weighted by molar-refractivity contribution is -0.137. The maximum Gasteiger partial charge on any atom is 0.419 e. The van der Waals surface area contributed by atoms with Crippen molar-refractivity contribution in [3.63, 3.8) is 0 Å². The molecule has 1 aromatic heterocycles. The zero-order valence-corrected chi connectivity index (χ0v) is 21.9. The second-order valence-electron chi connectivity index (χ2n) is 9.50. The number of benzene rings is 2. The van der Waals surface area contributed by atoms with Gasteiger partial charge in [0.1, 0.15) is 0 Å². The number of halogens is 1. The monoisotopic (exact) mass is 532 g/mol. The van der Waals surface area contributed by atoms with Gasteiger partial charge < -0.3 is 14.2 Å². The van der Waals surface area contributed by atoms with Crippen molar-refractivity contribution in [1.29, 1.82) is 0 Å². The van der Waals surface area contributed by atoms with E-state index in [-0.39, 0.29) is 28.8 Å². The van der Waals surface area contributed by atoms with E-state index >= 15 is 0 Å². The Bertz CT molecular complexity index is 1470. The Labute approximate surface area is 214 Å². The first-order chi connectivity index (χ1) is 17.1. The second-order valence-corrected chi connectivity index (χ2v) is 11.9. The molecule has 2 saturated heterocycles. The number of piperazine rings is 1. The van der Waals surface area contributed by atoms with Gasteiger partial charge in [0.05, 0.1) is 16.3 Å². The quantitative estimate of drug-likeness (QED) is 0.512. The molecule has 0 aliphatic carbocycles. The maximum absolute atomic E-state index is 13.4. The fourth-order valence-electron chi connectivity index (χ4n) is 5.14. The summed E-state index contributed by atoms with van der Waals surface area (Å²) in [5.41, 5.74) is 2.97. The number of piperidine rings is 1. The van der Waals surface area contributed by atoms with Crippen molar-refractivity contribution in [1.82, 2.24) is 13.8 Å². The van der Waals surface area contributed by atoms with E-state index in [2.05, 4.69) is 4.90 Å². The molecule has 11 heteroatoms. The summed E-state index contributed by atoms with van der Waals surface area (Å²) in [5, 5.41) is 0.686. The molecule has 2 aliphatic heterocycles. The number of oxazole rings is 1. The van der Waals surface area contributed by atoms with Gasteiger partial charge in [-0.3, -0.25) is 9.36 Å². The van der Waals surface area contributed by atoms with Crippen LogP contribution >= 0.6 is 11.6 Å². The molecule has 2 aliphatic rings. The summed E-state index contributed by atoms with van der Waals surface area (Å²) in [5.74, 6) is -0.929. The van der Waals surface area contributed by atoms with Crippen molar-refractivity contribution in [2.75, 3.05) is 44.2 Å². The average Bonchev–Trinajstić information content (AvgIpc) is 3.17. The molecule has 2 aromatic carbocycles. The van der Waals surface area contributed by atoms with E-state index in [4.69, 9.17) is 16.0 Å². The molecular formula is C25H29ClN4O5S. The molecule has 0 radical (unpaired) electrons. The van der Waals surface area contributed by atoms with Crippen LogP contribution in [-0.2, 0) is 21.9 Å². The Morgan fingerprint density at radius 1 is 1.06 bits per heavy atom. The van der Waals surface area contributed by atoms with Gasteiger partial charge in [0.25, 0.3) is 0 Å². The highest BCUT2D eigenvalue weighted by atomic mass is 35.5. The summed E-state index contributed by atoms with van der Waals surface area (Å²) in [6.45, 7) is 5.10. The lowest BCUT2D eigenvalue weighted by atomic mass is 9.97. The summed E-state index contributed by atoms with van der Waals surface area (Å²) in [6.07, 6.45) is 1.27. The Hall–Kier alpha value is -2.82. The van der Waals surface area contributed by atoms with Crippen molar-refractivity contribution in [3.05, 3.63) is 57.5 Å². The normalized spacial score (nSPS) is 19.7. The molecular weight excluding hydrogens is 504 g/mol. The van der Waals surface area contributed by atoms with Crippen LogP contribution in [0.4, 0.5) is 5.69 Å². The van der Waals surface area contributed by atoms with Gasteiger partial charge >= 0.3 is 5.76 Å². The first kappa shape index (κ1) is 24.9. The minimum Gasteiger partial charge on any atom is -0.408 e. The first-order valence-corrected chi connectivity index (χ1v) is 13.9. The van der Waals surface area contributed by atoms with E-state index in [1.54, 1.807) is 13.1 Å². The smallest absolute Gasteiger partial charge is 0.408 e. The Kier molecular flexibility index (Phi) is 6.61. The molecule has 0 bridgehead atoms. The van der Waals surface area contributed by atoms with Crippen LogP contribution in [0.25, 0.3) is 11.1 Å². The molecule has 0 saturated carbocycles. The van der Waals surface area contributed by atoms with Crippen LogP contribution < -0.4 is 10.7 Å². The van der Waals surface area contributed by atoms with E-state index in [0.717, 1.165) is 11.3 Å². The Morgan fingerprint density at radius 2 is 1.81 bits per heavy atom. The SMILES string of the molecule is Cc1ccc(Cl)cc1N1CCN(C(=O)[C@H]2CCCN(S(=O)(=O)c3ccc4c(c3)oc(=O)n4C)C2)CC1. The van der Waals surface area contributed by atoms with Crippen LogP contribution in [-0.4, -0.2) is 67.4 Å². The van der Waals surface area contributed by atoms with Crippen LogP contribution in [0.3, 0.4) is 0 Å². The number of nitrogens with zero attached hydrogens (tertiary/aromatic N) is 4. The number of aryl methyl sites for hydroxylation is 2. The van der Waals surface area contributed by atoms with Gasteiger partial charge in [-0.15, -0.1) is 0 Å². The van der Waals surface area contributed by atoms with Gasteiger partial charge in [0.2, 0.25) is 15.9 Å². The predicted molar refractivity (Wildman–Crippen MR) is 138 cm³/mol. The highest BCUT2D eigenvalue weighted by Gasteiger charge is 2.36. The van der Waals surface area contributed by atoms with Crippen molar-refractivity contribution in [2.45, 2.75) is 24.7 Å². The number of fused-ring (bicyclic) bond motifs is 1. The van der Waals surface area contributed by atoms with Crippen molar-refractivity contribution in [2.24, 2.45) is 13.0 Å². The number of hydrogen-bond donors (Lipinski definition) is 0. The van der Waals surface area contributed by atoms with Gasteiger partial charge in [-0.25, -0.2) is 13.2 Å². The third kappa shape index (κ3) is 4.53. The largest absolute Gasteiger partial charge is 0.419 e. The van der Waals surface area contributed by atoms with Crippen LogP contribution in [0.2, 0.25) is 5.02 Å². The summed E-state index contributed by atoms with van der Waals surface area (Å²) >= 11 is 6.18. The molecule has 5 rings (SSSR count). The van der Waals surface area contributed by atoms with Gasteiger partial charge in [0, 0.05) is 63.1 Å². The Morgan fingerprint density at radius 3 is 2.56 bits per heavy atom. The van der Waals surface area contributed by atoms with Crippen LogP contribution in [0.1, 0.15) is 18.4 Å². The zero-order valence-electron chi connectivity index (χ0n) is 20.3. The second kappa shape index (κ2) is 9.57. The third-order valence-electron chi connectivity index (χ3n) is 7.24. The number of aromatic nitrogens is 1. The Balaban J connectivity index is 1.27. The number of rotatable bonds is 4. The summed E-state index contributed by atoms with van der Waals surface area (Å²) in [4.78, 5) is 29.3. The molecule has 9 nitrogen and oxygen atoms in total. The van der Waals surface area contributed by atoms with Crippen LogP contribution in [0.5, 0.6) is 0 Å². The molecule has 2 fully saturated rings. The third-order valence-corrected chi connectivity index (χ3v) is 9.33.